The summed E-state index contributed by atoms with van der Waals surface area (Å²) >= 11 is 6.47. The number of likely N-dealkylation sites (tertiary alicyclic amines) is 1. The Bertz CT molecular complexity index is 1430. The molecule has 1 aromatic heterocycles. The van der Waals surface area contributed by atoms with Crippen molar-refractivity contribution in [3.8, 4) is 34.4 Å². The number of methoxy groups -OCH3 is 1. The molecular formula is C28H28ClFN4O3. The van der Waals surface area contributed by atoms with E-state index in [1.165, 1.54) is 12.1 Å². The van der Waals surface area contributed by atoms with Crippen LogP contribution >= 0.6 is 11.6 Å². The second-order valence-corrected chi connectivity index (χ2v) is 9.62. The van der Waals surface area contributed by atoms with Gasteiger partial charge in [0.1, 0.15) is 23.1 Å². The minimum absolute atomic E-state index is 0.316. The van der Waals surface area contributed by atoms with Gasteiger partial charge in [-0.2, -0.15) is 0 Å². The van der Waals surface area contributed by atoms with Crippen LogP contribution < -0.4 is 19.9 Å². The van der Waals surface area contributed by atoms with E-state index in [2.05, 4.69) is 16.9 Å². The molecule has 1 fully saturated rings. The molecule has 3 aromatic carbocycles. The molecule has 192 valence electrons. The van der Waals surface area contributed by atoms with Crippen LogP contribution in [0.25, 0.3) is 22.3 Å². The highest BCUT2D eigenvalue weighted by Gasteiger charge is 2.19. The van der Waals surface area contributed by atoms with Crippen molar-refractivity contribution >= 4 is 28.3 Å². The largest absolute Gasteiger partial charge is 0.493 e. The highest BCUT2D eigenvalue weighted by molar-refractivity contribution is 6.32. The molecule has 0 radical (unpaired) electrons. The summed E-state index contributed by atoms with van der Waals surface area (Å²) in [6, 6.07) is 14.7. The zero-order valence-electron chi connectivity index (χ0n) is 20.7. The molecule has 7 nitrogen and oxygen atoms in total. The quantitative estimate of drug-likeness (QED) is 0.309. The molecule has 1 aliphatic heterocycles. The van der Waals surface area contributed by atoms with Crippen LogP contribution in [-0.2, 0) is 0 Å². The lowest BCUT2D eigenvalue weighted by Crippen LogP contribution is -2.32. The summed E-state index contributed by atoms with van der Waals surface area (Å²) in [6.07, 6.45) is 2.21. The summed E-state index contributed by atoms with van der Waals surface area (Å²) in [5, 5.41) is 1.00. The van der Waals surface area contributed by atoms with Gasteiger partial charge in [-0.15, -0.1) is 0 Å². The van der Waals surface area contributed by atoms with Gasteiger partial charge >= 0.3 is 0 Å². The first-order chi connectivity index (χ1) is 17.9. The molecule has 0 amide bonds. The maximum Gasteiger partial charge on any atom is 0.163 e. The minimum atomic E-state index is -0.392. The van der Waals surface area contributed by atoms with Gasteiger partial charge in [0.2, 0.25) is 0 Å². The predicted octanol–water partition coefficient (Wildman–Crippen LogP) is 6.19. The molecule has 4 aromatic rings. The van der Waals surface area contributed by atoms with Crippen LogP contribution in [0.5, 0.6) is 23.0 Å². The van der Waals surface area contributed by atoms with Crippen molar-refractivity contribution in [2.75, 3.05) is 39.6 Å². The molecule has 9 heteroatoms. The standard InChI is InChI=1S/C28H28ClFN4O3/c1-34-10-8-17(9-11-34)16-36-26-15-23-21(14-25(26)35-2)27(31)33-28(32-23)18-6-7-24(22(29)12-18)37-20-5-3-4-19(30)13-20/h3-7,12-15,17H,8-11,16H2,1-2H3,(H2,31,32,33). The van der Waals surface area contributed by atoms with E-state index in [0.29, 0.717) is 68.7 Å². The number of halogens is 2. The van der Waals surface area contributed by atoms with E-state index in [1.54, 1.807) is 43.5 Å². The highest BCUT2D eigenvalue weighted by Crippen LogP contribution is 2.37. The fourth-order valence-corrected chi connectivity index (χ4v) is 4.60. The van der Waals surface area contributed by atoms with E-state index in [9.17, 15) is 4.39 Å². The van der Waals surface area contributed by atoms with Gasteiger partial charge in [0.25, 0.3) is 0 Å². The van der Waals surface area contributed by atoms with Gasteiger partial charge in [-0.1, -0.05) is 17.7 Å². The molecule has 1 aliphatic rings. The molecule has 0 atom stereocenters. The van der Waals surface area contributed by atoms with E-state index in [4.69, 9.17) is 36.5 Å². The van der Waals surface area contributed by atoms with Crippen LogP contribution in [-0.4, -0.2) is 48.7 Å². The summed E-state index contributed by atoms with van der Waals surface area (Å²) in [6.45, 7) is 2.76. The molecule has 2 N–H and O–H groups in total. The second kappa shape index (κ2) is 10.8. The number of piperidine rings is 1. The number of aromatic nitrogens is 2. The number of nitrogens with two attached hydrogens (primary N) is 1. The first-order valence-corrected chi connectivity index (χ1v) is 12.5. The summed E-state index contributed by atoms with van der Waals surface area (Å²) in [4.78, 5) is 11.6. The first kappa shape index (κ1) is 25.0. The van der Waals surface area contributed by atoms with Gasteiger partial charge < -0.3 is 24.8 Å². The van der Waals surface area contributed by atoms with Crippen molar-refractivity contribution in [1.29, 1.82) is 0 Å². The van der Waals surface area contributed by atoms with E-state index >= 15 is 0 Å². The molecule has 0 spiro atoms. The number of hydrogen-bond donors (Lipinski definition) is 1. The third-order valence-corrected chi connectivity index (χ3v) is 6.83. The normalized spacial score (nSPS) is 14.6. The average Bonchev–Trinajstić information content (AvgIpc) is 2.89. The van der Waals surface area contributed by atoms with Crippen LogP contribution in [0.3, 0.4) is 0 Å². The predicted molar refractivity (Wildman–Crippen MR) is 143 cm³/mol. The van der Waals surface area contributed by atoms with E-state index in [1.807, 2.05) is 6.07 Å². The summed E-state index contributed by atoms with van der Waals surface area (Å²) in [5.74, 6) is 2.78. The second-order valence-electron chi connectivity index (χ2n) is 9.21. The van der Waals surface area contributed by atoms with Crippen molar-refractivity contribution in [3.63, 3.8) is 0 Å². The summed E-state index contributed by atoms with van der Waals surface area (Å²) in [5.41, 5.74) is 7.61. The molecule has 37 heavy (non-hydrogen) atoms. The number of nitrogens with zero attached hydrogens (tertiary/aromatic N) is 3. The zero-order chi connectivity index (χ0) is 25.9. The number of fused-ring (bicyclic) bond motifs is 1. The Kier molecular flexibility index (Phi) is 7.30. The van der Waals surface area contributed by atoms with Crippen molar-refractivity contribution in [3.05, 3.63) is 65.4 Å². The Labute approximate surface area is 219 Å². The van der Waals surface area contributed by atoms with Crippen LogP contribution in [0, 0.1) is 11.7 Å². The maximum atomic E-state index is 13.5. The Hall–Kier alpha value is -3.62. The minimum Gasteiger partial charge on any atom is -0.493 e. The van der Waals surface area contributed by atoms with E-state index < -0.39 is 5.82 Å². The molecule has 0 unspecified atom stereocenters. The molecule has 0 saturated carbocycles. The van der Waals surface area contributed by atoms with Gasteiger partial charge in [0, 0.05) is 23.1 Å². The lowest BCUT2D eigenvalue weighted by atomic mass is 9.98. The lowest BCUT2D eigenvalue weighted by Gasteiger charge is -2.28. The van der Waals surface area contributed by atoms with E-state index in [-0.39, 0.29) is 0 Å². The van der Waals surface area contributed by atoms with Crippen LogP contribution in [0.1, 0.15) is 12.8 Å². The Morgan fingerprint density at radius 1 is 1.03 bits per heavy atom. The van der Waals surface area contributed by atoms with Gasteiger partial charge in [0.15, 0.2) is 17.3 Å². The number of ether oxygens (including phenoxy) is 3. The number of anilines is 1. The Balaban J connectivity index is 1.41. The van der Waals surface area contributed by atoms with Gasteiger partial charge in [0.05, 0.1) is 24.3 Å². The summed E-state index contributed by atoms with van der Waals surface area (Å²) in [7, 11) is 3.74. The molecule has 1 saturated heterocycles. The molecule has 2 heterocycles. The van der Waals surface area contributed by atoms with Crippen molar-refractivity contribution < 1.29 is 18.6 Å². The smallest absolute Gasteiger partial charge is 0.163 e. The molecule has 0 bridgehead atoms. The number of benzene rings is 3. The van der Waals surface area contributed by atoms with Crippen molar-refractivity contribution in [2.24, 2.45) is 5.92 Å². The topological polar surface area (TPSA) is 82.7 Å². The maximum absolute atomic E-state index is 13.5. The van der Waals surface area contributed by atoms with Gasteiger partial charge in [-0.05, 0) is 75.3 Å². The first-order valence-electron chi connectivity index (χ1n) is 12.1. The number of nitrogen functional groups attached to an aromatic ring is 1. The van der Waals surface area contributed by atoms with Gasteiger partial charge in [-0.3, -0.25) is 0 Å². The summed E-state index contributed by atoms with van der Waals surface area (Å²) < 4.78 is 31.0. The zero-order valence-corrected chi connectivity index (χ0v) is 21.5. The molecule has 5 rings (SSSR count). The van der Waals surface area contributed by atoms with Crippen molar-refractivity contribution in [1.82, 2.24) is 14.9 Å². The molecule has 0 aliphatic carbocycles. The Morgan fingerprint density at radius 3 is 2.57 bits per heavy atom. The number of rotatable bonds is 7. The SMILES string of the molecule is COc1cc2c(N)nc(-c3ccc(Oc4cccc(F)c4)c(Cl)c3)nc2cc1OCC1CCN(C)CC1. The fraction of sp³-hybridized carbons (Fsp3) is 0.286. The van der Waals surface area contributed by atoms with Crippen molar-refractivity contribution in [2.45, 2.75) is 12.8 Å². The van der Waals surface area contributed by atoms with Gasteiger partial charge in [-0.25, -0.2) is 14.4 Å². The Morgan fingerprint density at radius 2 is 1.84 bits per heavy atom. The highest BCUT2D eigenvalue weighted by atomic mass is 35.5. The fourth-order valence-electron chi connectivity index (χ4n) is 4.38. The third kappa shape index (κ3) is 5.70. The average molecular weight is 523 g/mol. The lowest BCUT2D eigenvalue weighted by molar-refractivity contribution is 0.157. The monoisotopic (exact) mass is 522 g/mol. The van der Waals surface area contributed by atoms with Crippen LogP contribution in [0.4, 0.5) is 10.2 Å². The molecular weight excluding hydrogens is 495 g/mol. The van der Waals surface area contributed by atoms with Crippen LogP contribution in [0.15, 0.2) is 54.6 Å². The number of hydrogen-bond acceptors (Lipinski definition) is 7. The third-order valence-electron chi connectivity index (χ3n) is 6.54. The van der Waals surface area contributed by atoms with E-state index in [0.717, 1.165) is 25.9 Å². The van der Waals surface area contributed by atoms with Crippen LogP contribution in [0.2, 0.25) is 5.02 Å².